The maximum absolute atomic E-state index is 12.9. The Morgan fingerprint density at radius 1 is 1.00 bits per heavy atom. The van der Waals surface area contributed by atoms with Crippen molar-refractivity contribution in [2.75, 3.05) is 32.8 Å². The number of aromatic nitrogens is 2. The van der Waals surface area contributed by atoms with Gasteiger partial charge in [0, 0.05) is 37.1 Å². The Morgan fingerprint density at radius 2 is 1.66 bits per heavy atom. The summed E-state index contributed by atoms with van der Waals surface area (Å²) in [7, 11) is 0. The number of amides is 2. The van der Waals surface area contributed by atoms with Gasteiger partial charge in [0.05, 0.1) is 23.2 Å². The van der Waals surface area contributed by atoms with E-state index in [4.69, 9.17) is 0 Å². The van der Waals surface area contributed by atoms with Gasteiger partial charge >= 0.3 is 0 Å². The highest BCUT2D eigenvalue weighted by molar-refractivity contribution is 5.95. The van der Waals surface area contributed by atoms with Crippen molar-refractivity contribution in [1.29, 1.82) is 0 Å². The molecule has 0 unspecified atom stereocenters. The zero-order valence-electron chi connectivity index (χ0n) is 18.4. The van der Waals surface area contributed by atoms with Crippen LogP contribution in [0.4, 0.5) is 0 Å². The number of hydrogen-bond donors (Lipinski definition) is 2. The molecule has 7 nitrogen and oxygen atoms in total. The van der Waals surface area contributed by atoms with Crippen molar-refractivity contribution in [2.24, 2.45) is 5.41 Å². The molecule has 1 fully saturated rings. The summed E-state index contributed by atoms with van der Waals surface area (Å²) in [6, 6.07) is 15.5. The molecule has 0 saturated carbocycles. The number of aliphatic hydroxyl groups is 1. The third kappa shape index (κ3) is 4.43. The summed E-state index contributed by atoms with van der Waals surface area (Å²) in [5.74, 6) is -0.111. The first-order valence-electron chi connectivity index (χ1n) is 10.8. The molecule has 0 radical (unpaired) electrons. The number of carbonyl (C=O) groups excluding carboxylic acids is 2. The Bertz CT molecular complexity index is 1140. The van der Waals surface area contributed by atoms with Crippen LogP contribution in [0.3, 0.4) is 0 Å². The predicted octanol–water partition coefficient (Wildman–Crippen LogP) is 3.04. The monoisotopic (exact) mass is 432 g/mol. The van der Waals surface area contributed by atoms with Crippen LogP contribution in [0.15, 0.2) is 48.5 Å². The lowest BCUT2D eigenvalue weighted by Crippen LogP contribution is -2.54. The van der Waals surface area contributed by atoms with E-state index in [2.05, 4.69) is 10.2 Å². The summed E-state index contributed by atoms with van der Waals surface area (Å²) < 4.78 is 0. The first-order valence-corrected chi connectivity index (χ1v) is 10.8. The van der Waals surface area contributed by atoms with E-state index in [9.17, 15) is 14.7 Å². The predicted molar refractivity (Wildman–Crippen MR) is 125 cm³/mol. The van der Waals surface area contributed by atoms with Gasteiger partial charge in [-0.3, -0.25) is 14.7 Å². The largest absolute Gasteiger partial charge is 0.395 e. The lowest BCUT2D eigenvalue weighted by Gasteiger charge is -2.38. The van der Waals surface area contributed by atoms with Crippen molar-refractivity contribution < 1.29 is 14.7 Å². The van der Waals surface area contributed by atoms with E-state index >= 15 is 0 Å². The number of carbonyl (C=O) groups is 2. The molecule has 2 amide bonds. The normalized spacial score (nSPS) is 15.0. The summed E-state index contributed by atoms with van der Waals surface area (Å²) in [6.45, 7) is 5.20. The van der Waals surface area contributed by atoms with Crippen LogP contribution in [0.25, 0.3) is 23.1 Å². The smallest absolute Gasteiger partial charge is 0.253 e. The number of nitrogens with one attached hydrogen (secondary N) is 1. The highest BCUT2D eigenvalue weighted by Crippen LogP contribution is 2.20. The lowest BCUT2D eigenvalue weighted by molar-refractivity contribution is -0.143. The maximum Gasteiger partial charge on any atom is 0.253 e. The highest BCUT2D eigenvalue weighted by Gasteiger charge is 2.33. The maximum atomic E-state index is 12.9. The Morgan fingerprint density at radius 3 is 2.34 bits per heavy atom. The minimum Gasteiger partial charge on any atom is -0.395 e. The van der Waals surface area contributed by atoms with Crippen LogP contribution in [0.2, 0.25) is 0 Å². The molecule has 32 heavy (non-hydrogen) atoms. The van der Waals surface area contributed by atoms with E-state index < -0.39 is 5.41 Å². The van der Waals surface area contributed by atoms with Crippen LogP contribution >= 0.6 is 0 Å². The Hall–Kier alpha value is -3.45. The molecule has 1 aliphatic heterocycles. The summed E-state index contributed by atoms with van der Waals surface area (Å²) >= 11 is 0. The number of para-hydroxylation sites is 1. The summed E-state index contributed by atoms with van der Waals surface area (Å²) in [4.78, 5) is 28.9. The van der Waals surface area contributed by atoms with E-state index in [0.29, 0.717) is 31.7 Å². The molecule has 166 valence electrons. The number of piperazine rings is 1. The minimum atomic E-state index is -0.794. The zero-order valence-corrected chi connectivity index (χ0v) is 18.4. The van der Waals surface area contributed by atoms with Crippen molar-refractivity contribution in [3.8, 4) is 0 Å². The van der Waals surface area contributed by atoms with Crippen LogP contribution in [0.1, 0.15) is 35.5 Å². The summed E-state index contributed by atoms with van der Waals surface area (Å²) in [5.41, 5.74) is 2.68. The van der Waals surface area contributed by atoms with Gasteiger partial charge in [-0.15, -0.1) is 0 Å². The van der Waals surface area contributed by atoms with Crippen molar-refractivity contribution >= 4 is 34.9 Å². The molecule has 0 bridgehead atoms. The van der Waals surface area contributed by atoms with Gasteiger partial charge in [-0.05, 0) is 43.7 Å². The number of aromatic amines is 1. The lowest BCUT2D eigenvalue weighted by atomic mass is 9.92. The minimum absolute atomic E-state index is 0.0349. The number of aliphatic hydroxyl groups excluding tert-OH is 1. The van der Waals surface area contributed by atoms with Gasteiger partial charge in [-0.1, -0.05) is 36.4 Å². The third-order valence-corrected chi connectivity index (χ3v) is 5.92. The van der Waals surface area contributed by atoms with Crippen molar-refractivity contribution in [2.45, 2.75) is 13.8 Å². The van der Waals surface area contributed by atoms with Crippen LogP contribution in [-0.4, -0.2) is 69.7 Å². The summed E-state index contributed by atoms with van der Waals surface area (Å²) in [5, 5.41) is 17.8. The fourth-order valence-electron chi connectivity index (χ4n) is 3.81. The Labute approximate surface area is 187 Å². The topological polar surface area (TPSA) is 89.5 Å². The average Bonchev–Trinajstić information content (AvgIpc) is 3.25. The molecule has 0 atom stereocenters. The van der Waals surface area contributed by atoms with Crippen molar-refractivity contribution in [3.63, 3.8) is 0 Å². The molecule has 1 saturated heterocycles. The van der Waals surface area contributed by atoms with E-state index in [-0.39, 0.29) is 18.4 Å². The van der Waals surface area contributed by atoms with Gasteiger partial charge in [0.2, 0.25) is 5.91 Å². The quantitative estimate of drug-likeness (QED) is 0.649. The molecule has 2 heterocycles. The molecule has 1 aromatic heterocycles. The van der Waals surface area contributed by atoms with Crippen molar-refractivity contribution in [1.82, 2.24) is 20.0 Å². The van der Waals surface area contributed by atoms with Gasteiger partial charge in [0.15, 0.2) is 0 Å². The van der Waals surface area contributed by atoms with Crippen molar-refractivity contribution in [3.05, 3.63) is 65.4 Å². The first kappa shape index (κ1) is 21.8. The van der Waals surface area contributed by atoms with Crippen LogP contribution in [-0.2, 0) is 4.79 Å². The fraction of sp³-hybridized carbons (Fsp3) is 0.320. The van der Waals surface area contributed by atoms with Gasteiger partial charge in [-0.25, -0.2) is 0 Å². The van der Waals surface area contributed by atoms with Crippen LogP contribution < -0.4 is 0 Å². The molecule has 3 aromatic rings. The summed E-state index contributed by atoms with van der Waals surface area (Å²) in [6.07, 6.45) is 3.93. The van der Waals surface area contributed by atoms with Gasteiger partial charge in [0.1, 0.15) is 0 Å². The van der Waals surface area contributed by atoms with E-state index in [1.807, 2.05) is 60.7 Å². The Kier molecular flexibility index (Phi) is 6.10. The molecule has 1 aliphatic rings. The third-order valence-electron chi connectivity index (χ3n) is 5.92. The fourth-order valence-corrected chi connectivity index (χ4v) is 3.81. The molecule has 2 aromatic carbocycles. The van der Waals surface area contributed by atoms with E-state index in [1.54, 1.807) is 23.6 Å². The van der Waals surface area contributed by atoms with Crippen LogP contribution in [0, 0.1) is 5.41 Å². The SMILES string of the molecule is CC(C)(CO)C(=O)N1CCN(C(=O)c2ccc(/C=C/c3n[nH]c4ccccc34)cc2)CC1. The molecule has 0 aliphatic carbocycles. The highest BCUT2D eigenvalue weighted by atomic mass is 16.3. The Balaban J connectivity index is 1.37. The standard InChI is InChI=1S/C25H28N4O3/c1-25(2,17-30)24(32)29-15-13-28(14-16-29)23(31)19-10-7-18(8-11-19)9-12-22-20-5-3-4-6-21(20)26-27-22/h3-12,30H,13-17H2,1-2H3,(H,26,27)/b12-9+. The van der Waals surface area contributed by atoms with Gasteiger partial charge in [0.25, 0.3) is 5.91 Å². The molecule has 4 rings (SSSR count). The molecular formula is C25H28N4O3. The second-order valence-corrected chi connectivity index (χ2v) is 8.74. The number of H-pyrrole nitrogens is 1. The molecule has 7 heteroatoms. The number of nitrogens with zero attached hydrogens (tertiary/aromatic N) is 3. The number of rotatable bonds is 5. The van der Waals surface area contributed by atoms with E-state index in [1.165, 1.54) is 0 Å². The molecular weight excluding hydrogens is 404 g/mol. The average molecular weight is 433 g/mol. The molecule has 2 N–H and O–H groups in total. The second-order valence-electron chi connectivity index (χ2n) is 8.74. The van der Waals surface area contributed by atoms with Gasteiger partial charge < -0.3 is 14.9 Å². The number of benzene rings is 2. The van der Waals surface area contributed by atoms with Gasteiger partial charge in [-0.2, -0.15) is 5.10 Å². The molecule has 0 spiro atoms. The van der Waals surface area contributed by atoms with E-state index in [0.717, 1.165) is 22.2 Å². The number of fused-ring (bicyclic) bond motifs is 1. The van der Waals surface area contributed by atoms with Crippen LogP contribution in [0.5, 0.6) is 0 Å². The first-order chi connectivity index (χ1) is 15.4. The second kappa shape index (κ2) is 8.96. The zero-order chi connectivity index (χ0) is 22.7. The number of hydrogen-bond acceptors (Lipinski definition) is 4.